The molecule has 0 saturated carbocycles. The Morgan fingerprint density at radius 1 is 1.11 bits per heavy atom. The van der Waals surface area contributed by atoms with Crippen molar-refractivity contribution in [2.75, 3.05) is 13.2 Å². The molecule has 0 heterocycles. The first kappa shape index (κ1) is 16.0. The summed E-state index contributed by atoms with van der Waals surface area (Å²) in [6.07, 6.45) is 2.99. The van der Waals surface area contributed by atoms with E-state index < -0.39 is 15.9 Å². The Balaban J connectivity index is 2.89. The van der Waals surface area contributed by atoms with Crippen LogP contribution in [-0.4, -0.2) is 21.3 Å². The minimum Gasteiger partial charge on any atom is -0.409 e. The molecule has 0 aromatic heterocycles. The molecule has 1 aliphatic rings. The van der Waals surface area contributed by atoms with Gasteiger partial charge in [-0.3, -0.25) is 9.05 Å². The molecule has 6 heteroatoms. The van der Waals surface area contributed by atoms with E-state index in [4.69, 9.17) is 13.6 Å². The van der Waals surface area contributed by atoms with Crippen molar-refractivity contribution in [2.24, 2.45) is 0 Å². The molecule has 0 radical (unpaired) electrons. The molecule has 4 nitrogen and oxygen atoms in total. The summed E-state index contributed by atoms with van der Waals surface area (Å²) in [4.78, 5) is 0. The second-order valence-electron chi connectivity index (χ2n) is 5.38. The molecular formula is C12H25O4PSi. The maximum atomic E-state index is 12.4. The summed E-state index contributed by atoms with van der Waals surface area (Å²) < 4.78 is 28.4. The van der Waals surface area contributed by atoms with E-state index in [9.17, 15) is 4.57 Å². The summed E-state index contributed by atoms with van der Waals surface area (Å²) in [5.74, 6) is 0.861. The van der Waals surface area contributed by atoms with Crippen molar-refractivity contribution in [3.8, 4) is 0 Å². The van der Waals surface area contributed by atoms with Crippen LogP contribution < -0.4 is 0 Å². The fraction of sp³-hybridized carbons (Fsp3) is 0.833. The van der Waals surface area contributed by atoms with Crippen molar-refractivity contribution in [2.45, 2.75) is 52.8 Å². The SMILES string of the molecule is CCOP(=O)(OCC)OC1=C([Si](C)(C)C)CCC1. The lowest BCUT2D eigenvalue weighted by Gasteiger charge is -2.23. The molecule has 0 amide bonds. The molecule has 106 valence electrons. The van der Waals surface area contributed by atoms with Crippen LogP contribution in [0.1, 0.15) is 33.1 Å². The first-order valence-electron chi connectivity index (χ1n) is 6.63. The third-order valence-corrected chi connectivity index (χ3v) is 6.80. The van der Waals surface area contributed by atoms with Gasteiger partial charge in [0.1, 0.15) is 5.76 Å². The number of phosphoric acid groups is 1. The van der Waals surface area contributed by atoms with Gasteiger partial charge in [0.05, 0.1) is 21.3 Å². The fourth-order valence-electron chi connectivity index (χ4n) is 2.15. The predicted octanol–water partition coefficient (Wildman–Crippen LogP) is 4.50. The summed E-state index contributed by atoms with van der Waals surface area (Å²) in [6.45, 7) is 11.1. The Bertz CT molecular complexity index is 350. The van der Waals surface area contributed by atoms with Gasteiger partial charge >= 0.3 is 7.82 Å². The number of hydrogen-bond acceptors (Lipinski definition) is 4. The Kier molecular flexibility index (Phi) is 5.65. The van der Waals surface area contributed by atoms with Crippen LogP contribution in [0.25, 0.3) is 0 Å². The van der Waals surface area contributed by atoms with Crippen LogP contribution in [0.15, 0.2) is 11.0 Å². The molecule has 0 spiro atoms. The average molecular weight is 292 g/mol. The van der Waals surface area contributed by atoms with Gasteiger partial charge in [0, 0.05) is 6.42 Å². The molecule has 0 aromatic rings. The smallest absolute Gasteiger partial charge is 0.409 e. The van der Waals surface area contributed by atoms with Crippen LogP contribution in [0.5, 0.6) is 0 Å². The minimum absolute atomic E-state index is 0.326. The van der Waals surface area contributed by atoms with Crippen LogP contribution in [0.2, 0.25) is 19.6 Å². The molecule has 0 unspecified atom stereocenters. The molecule has 0 aromatic carbocycles. The maximum Gasteiger partial charge on any atom is 0.529 e. The van der Waals surface area contributed by atoms with Gasteiger partial charge in [0.2, 0.25) is 0 Å². The molecule has 1 aliphatic carbocycles. The Hall–Kier alpha value is -0.0931. The monoisotopic (exact) mass is 292 g/mol. The Labute approximate surface area is 111 Å². The van der Waals surface area contributed by atoms with E-state index in [-0.39, 0.29) is 0 Å². The van der Waals surface area contributed by atoms with Crippen molar-refractivity contribution in [3.63, 3.8) is 0 Å². The number of hydrogen-bond donors (Lipinski definition) is 0. The molecule has 18 heavy (non-hydrogen) atoms. The van der Waals surface area contributed by atoms with E-state index in [0.717, 1.165) is 25.0 Å². The molecule has 0 atom stereocenters. The minimum atomic E-state index is -3.41. The lowest BCUT2D eigenvalue weighted by atomic mass is 10.4. The van der Waals surface area contributed by atoms with E-state index in [0.29, 0.717) is 13.2 Å². The van der Waals surface area contributed by atoms with Crippen molar-refractivity contribution >= 4 is 15.9 Å². The number of rotatable bonds is 7. The highest BCUT2D eigenvalue weighted by Crippen LogP contribution is 2.53. The second kappa shape index (κ2) is 6.37. The van der Waals surface area contributed by atoms with Crippen molar-refractivity contribution in [1.29, 1.82) is 0 Å². The molecule has 0 aliphatic heterocycles. The zero-order valence-corrected chi connectivity index (χ0v) is 14.0. The van der Waals surface area contributed by atoms with Crippen LogP contribution in [0, 0.1) is 0 Å². The number of phosphoric ester groups is 1. The summed E-state index contributed by atoms with van der Waals surface area (Å²) >= 11 is 0. The standard InChI is InChI=1S/C12H25O4PSi/c1-6-14-17(13,15-7-2)16-11-9-8-10-12(11)18(3,4)5/h6-10H2,1-5H3. The molecule has 0 bridgehead atoms. The second-order valence-corrected chi connectivity index (χ2v) is 12.1. The molecule has 0 N–H and O–H groups in total. The molecule has 1 rings (SSSR count). The third kappa shape index (κ3) is 4.23. The highest BCUT2D eigenvalue weighted by Gasteiger charge is 2.34. The van der Waals surface area contributed by atoms with Crippen molar-refractivity contribution in [1.82, 2.24) is 0 Å². The zero-order chi connectivity index (χ0) is 13.8. The largest absolute Gasteiger partial charge is 0.529 e. The Morgan fingerprint density at radius 3 is 2.11 bits per heavy atom. The number of allylic oxidation sites excluding steroid dienone is 2. The Morgan fingerprint density at radius 2 is 1.67 bits per heavy atom. The van der Waals surface area contributed by atoms with E-state index in [2.05, 4.69) is 19.6 Å². The lowest BCUT2D eigenvalue weighted by molar-refractivity contribution is 0.144. The van der Waals surface area contributed by atoms with E-state index >= 15 is 0 Å². The van der Waals surface area contributed by atoms with E-state index in [1.54, 1.807) is 13.8 Å². The van der Waals surface area contributed by atoms with Crippen LogP contribution in [-0.2, 0) is 18.1 Å². The van der Waals surface area contributed by atoms with E-state index in [1.807, 2.05) is 0 Å². The highest BCUT2D eigenvalue weighted by atomic mass is 31.2. The maximum absolute atomic E-state index is 12.4. The van der Waals surface area contributed by atoms with Gasteiger partial charge in [-0.2, -0.15) is 0 Å². The average Bonchev–Trinajstić information content (AvgIpc) is 2.65. The van der Waals surface area contributed by atoms with Crippen LogP contribution in [0.4, 0.5) is 0 Å². The first-order valence-corrected chi connectivity index (χ1v) is 11.6. The van der Waals surface area contributed by atoms with Gasteiger partial charge in [0.25, 0.3) is 0 Å². The lowest BCUT2D eigenvalue weighted by Crippen LogP contribution is -2.24. The van der Waals surface area contributed by atoms with Gasteiger partial charge in [-0.25, -0.2) is 4.57 Å². The summed E-state index contributed by atoms with van der Waals surface area (Å²) in [6, 6.07) is 0. The van der Waals surface area contributed by atoms with Crippen LogP contribution in [0.3, 0.4) is 0 Å². The van der Waals surface area contributed by atoms with Gasteiger partial charge in [-0.15, -0.1) is 0 Å². The highest BCUT2D eigenvalue weighted by molar-refractivity contribution is 7.48. The normalized spacial score (nSPS) is 17.4. The summed E-state index contributed by atoms with van der Waals surface area (Å²) in [5.41, 5.74) is 0. The van der Waals surface area contributed by atoms with Gasteiger partial charge in [-0.1, -0.05) is 19.6 Å². The van der Waals surface area contributed by atoms with Gasteiger partial charge in [-0.05, 0) is 31.9 Å². The van der Waals surface area contributed by atoms with Gasteiger partial charge in [0.15, 0.2) is 0 Å². The molecule has 0 saturated heterocycles. The van der Waals surface area contributed by atoms with Crippen LogP contribution >= 0.6 is 7.82 Å². The zero-order valence-electron chi connectivity index (χ0n) is 12.1. The summed E-state index contributed by atoms with van der Waals surface area (Å²) in [5, 5.41) is 1.36. The molecular weight excluding hydrogens is 267 g/mol. The van der Waals surface area contributed by atoms with Crippen molar-refractivity contribution < 1.29 is 18.1 Å². The summed E-state index contributed by atoms with van der Waals surface area (Å²) in [7, 11) is -4.82. The molecule has 0 fully saturated rings. The van der Waals surface area contributed by atoms with Crippen molar-refractivity contribution in [3.05, 3.63) is 11.0 Å². The third-order valence-electron chi connectivity index (χ3n) is 2.87. The quantitative estimate of drug-likeness (QED) is 0.512. The van der Waals surface area contributed by atoms with Gasteiger partial charge < -0.3 is 4.52 Å². The fourth-order valence-corrected chi connectivity index (χ4v) is 5.46. The first-order chi connectivity index (χ1) is 8.32. The predicted molar refractivity (Wildman–Crippen MR) is 76.2 cm³/mol. The van der Waals surface area contributed by atoms with E-state index in [1.165, 1.54) is 5.20 Å². The topological polar surface area (TPSA) is 44.8 Å².